The molecule has 6 heteroatoms. The van der Waals surface area contributed by atoms with Gasteiger partial charge in [-0.3, -0.25) is 9.59 Å². The fourth-order valence-electron chi connectivity index (χ4n) is 1.93. The third-order valence-electron chi connectivity index (χ3n) is 3.47. The average Bonchev–Trinajstić information content (AvgIpc) is 2.47. The maximum absolute atomic E-state index is 12.4. The number of nitrogens with zero attached hydrogens (tertiary/aromatic N) is 1. The van der Waals surface area contributed by atoms with Crippen molar-refractivity contribution in [3.05, 3.63) is 28.2 Å². The summed E-state index contributed by atoms with van der Waals surface area (Å²) in [5, 5.41) is 3.47. The van der Waals surface area contributed by atoms with E-state index in [0.29, 0.717) is 22.3 Å². The molecule has 0 radical (unpaired) electrons. The van der Waals surface area contributed by atoms with Gasteiger partial charge in [0.25, 0.3) is 0 Å². The molecule has 0 saturated carbocycles. The standard InChI is InChI=1S/C16H22Cl2N2O2/c1-5-6-9-20(4)15(22)16(2,3)14(21)19-11-7-8-12(17)13(18)10-11/h7-8,10H,5-6,9H2,1-4H3,(H,19,21). The minimum atomic E-state index is -1.16. The highest BCUT2D eigenvalue weighted by Gasteiger charge is 2.38. The van der Waals surface area contributed by atoms with Crippen LogP contribution in [0, 0.1) is 5.41 Å². The van der Waals surface area contributed by atoms with E-state index in [4.69, 9.17) is 23.2 Å². The first-order valence-corrected chi connectivity index (χ1v) is 7.97. The Bertz CT molecular complexity index is 559. The summed E-state index contributed by atoms with van der Waals surface area (Å²) in [6.07, 6.45) is 1.90. The van der Waals surface area contributed by atoms with Crippen molar-refractivity contribution in [2.75, 3.05) is 18.9 Å². The molecule has 22 heavy (non-hydrogen) atoms. The number of amides is 2. The molecule has 0 aromatic heterocycles. The second-order valence-electron chi connectivity index (χ2n) is 5.79. The van der Waals surface area contributed by atoms with E-state index >= 15 is 0 Å². The number of carbonyl (C=O) groups excluding carboxylic acids is 2. The molecule has 0 bridgehead atoms. The summed E-state index contributed by atoms with van der Waals surface area (Å²) >= 11 is 11.8. The van der Waals surface area contributed by atoms with Gasteiger partial charge in [-0.2, -0.15) is 0 Å². The third-order valence-corrected chi connectivity index (χ3v) is 4.21. The molecule has 0 heterocycles. The zero-order valence-corrected chi connectivity index (χ0v) is 14.9. The molecular weight excluding hydrogens is 323 g/mol. The molecule has 0 saturated heterocycles. The summed E-state index contributed by atoms with van der Waals surface area (Å²) in [6, 6.07) is 4.80. The summed E-state index contributed by atoms with van der Waals surface area (Å²) in [6.45, 7) is 5.93. The van der Waals surface area contributed by atoms with Gasteiger partial charge in [0.1, 0.15) is 5.41 Å². The molecule has 2 amide bonds. The highest BCUT2D eigenvalue weighted by atomic mass is 35.5. The first-order chi connectivity index (χ1) is 10.2. The smallest absolute Gasteiger partial charge is 0.239 e. The van der Waals surface area contributed by atoms with Crippen LogP contribution >= 0.6 is 23.2 Å². The van der Waals surface area contributed by atoms with Crippen molar-refractivity contribution in [3.8, 4) is 0 Å². The lowest BCUT2D eigenvalue weighted by molar-refractivity contribution is -0.145. The van der Waals surface area contributed by atoms with Crippen LogP contribution in [0.15, 0.2) is 18.2 Å². The topological polar surface area (TPSA) is 49.4 Å². The van der Waals surface area contributed by atoms with E-state index in [1.807, 2.05) is 0 Å². The Kier molecular flexibility index (Phi) is 6.69. The monoisotopic (exact) mass is 344 g/mol. The molecule has 0 atom stereocenters. The molecule has 1 aromatic carbocycles. The Labute approximate surface area is 141 Å². The number of benzene rings is 1. The van der Waals surface area contributed by atoms with Gasteiger partial charge in [0.15, 0.2) is 0 Å². The number of hydrogen-bond acceptors (Lipinski definition) is 2. The second-order valence-corrected chi connectivity index (χ2v) is 6.60. The first-order valence-electron chi connectivity index (χ1n) is 7.22. The van der Waals surface area contributed by atoms with Crippen LogP contribution in [-0.2, 0) is 9.59 Å². The van der Waals surface area contributed by atoms with Crippen molar-refractivity contribution in [1.29, 1.82) is 0 Å². The summed E-state index contributed by atoms with van der Waals surface area (Å²) in [7, 11) is 1.71. The lowest BCUT2D eigenvalue weighted by Crippen LogP contribution is -2.46. The number of unbranched alkanes of at least 4 members (excludes halogenated alkanes) is 1. The number of halogens is 2. The Morgan fingerprint density at radius 2 is 1.86 bits per heavy atom. The summed E-state index contributed by atoms with van der Waals surface area (Å²) < 4.78 is 0. The van der Waals surface area contributed by atoms with E-state index < -0.39 is 5.41 Å². The maximum Gasteiger partial charge on any atom is 0.239 e. The fraction of sp³-hybridized carbons (Fsp3) is 0.500. The molecule has 4 nitrogen and oxygen atoms in total. The van der Waals surface area contributed by atoms with Crippen LogP contribution in [0.25, 0.3) is 0 Å². The van der Waals surface area contributed by atoms with Crippen molar-refractivity contribution in [2.24, 2.45) is 5.41 Å². The molecule has 0 unspecified atom stereocenters. The molecule has 1 N–H and O–H groups in total. The molecular formula is C16H22Cl2N2O2. The molecule has 1 rings (SSSR count). The highest BCUT2D eigenvalue weighted by molar-refractivity contribution is 6.42. The molecule has 0 aliphatic carbocycles. The normalized spacial score (nSPS) is 11.2. The van der Waals surface area contributed by atoms with Gasteiger partial charge in [-0.1, -0.05) is 36.5 Å². The molecule has 0 aliphatic heterocycles. The second kappa shape index (κ2) is 7.84. The Morgan fingerprint density at radius 1 is 1.23 bits per heavy atom. The van der Waals surface area contributed by atoms with Gasteiger partial charge in [0, 0.05) is 19.3 Å². The van der Waals surface area contributed by atoms with Crippen LogP contribution in [0.3, 0.4) is 0 Å². The fourth-order valence-corrected chi connectivity index (χ4v) is 2.23. The number of nitrogens with one attached hydrogen (secondary N) is 1. The van der Waals surface area contributed by atoms with Crippen molar-refractivity contribution in [2.45, 2.75) is 33.6 Å². The van der Waals surface area contributed by atoms with E-state index in [0.717, 1.165) is 12.8 Å². The number of anilines is 1. The van der Waals surface area contributed by atoms with Gasteiger partial charge in [0.05, 0.1) is 10.0 Å². The molecule has 0 aliphatic rings. The maximum atomic E-state index is 12.4. The molecule has 0 fully saturated rings. The molecule has 0 spiro atoms. The van der Waals surface area contributed by atoms with Gasteiger partial charge in [-0.25, -0.2) is 0 Å². The van der Waals surface area contributed by atoms with Crippen molar-refractivity contribution < 1.29 is 9.59 Å². The van der Waals surface area contributed by atoms with E-state index in [1.54, 1.807) is 44.0 Å². The van der Waals surface area contributed by atoms with Crippen molar-refractivity contribution in [3.63, 3.8) is 0 Å². The summed E-state index contributed by atoms with van der Waals surface area (Å²) in [5.41, 5.74) is -0.647. The van der Waals surface area contributed by atoms with Crippen LogP contribution in [-0.4, -0.2) is 30.3 Å². The summed E-state index contributed by atoms with van der Waals surface area (Å²) in [5.74, 6) is -0.585. The van der Waals surface area contributed by atoms with Crippen molar-refractivity contribution >= 4 is 40.7 Å². The highest BCUT2D eigenvalue weighted by Crippen LogP contribution is 2.27. The third kappa shape index (κ3) is 4.62. The lowest BCUT2D eigenvalue weighted by Gasteiger charge is -2.28. The van der Waals surface area contributed by atoms with E-state index in [1.165, 1.54) is 0 Å². The van der Waals surface area contributed by atoms with Crippen LogP contribution in [0.5, 0.6) is 0 Å². The van der Waals surface area contributed by atoms with E-state index in [-0.39, 0.29) is 11.8 Å². The molecule has 1 aromatic rings. The quantitative estimate of drug-likeness (QED) is 0.785. The van der Waals surface area contributed by atoms with E-state index in [9.17, 15) is 9.59 Å². The van der Waals surface area contributed by atoms with Crippen LogP contribution in [0.4, 0.5) is 5.69 Å². The Morgan fingerprint density at radius 3 is 2.41 bits per heavy atom. The summed E-state index contributed by atoms with van der Waals surface area (Å²) in [4.78, 5) is 26.5. The molecule has 122 valence electrons. The SMILES string of the molecule is CCCCN(C)C(=O)C(C)(C)C(=O)Nc1ccc(Cl)c(Cl)c1. The first kappa shape index (κ1) is 18.8. The predicted molar refractivity (Wildman–Crippen MR) is 91.4 cm³/mol. The van der Waals surface area contributed by atoms with E-state index in [2.05, 4.69) is 12.2 Å². The zero-order valence-electron chi connectivity index (χ0n) is 13.4. The van der Waals surface area contributed by atoms with Crippen LogP contribution < -0.4 is 5.32 Å². The number of carbonyl (C=O) groups is 2. The van der Waals surface area contributed by atoms with Gasteiger partial charge in [-0.05, 0) is 38.5 Å². The van der Waals surface area contributed by atoms with Crippen molar-refractivity contribution in [1.82, 2.24) is 4.90 Å². The predicted octanol–water partition coefficient (Wildman–Crippen LogP) is 4.22. The average molecular weight is 345 g/mol. The van der Waals surface area contributed by atoms with Crippen LogP contribution in [0.1, 0.15) is 33.6 Å². The van der Waals surface area contributed by atoms with Gasteiger partial charge in [-0.15, -0.1) is 0 Å². The van der Waals surface area contributed by atoms with Crippen LogP contribution in [0.2, 0.25) is 10.0 Å². The lowest BCUT2D eigenvalue weighted by atomic mass is 9.90. The Hall–Kier alpha value is -1.26. The number of hydrogen-bond donors (Lipinski definition) is 1. The van der Waals surface area contributed by atoms with Gasteiger partial charge in [0.2, 0.25) is 11.8 Å². The van der Waals surface area contributed by atoms with Gasteiger partial charge < -0.3 is 10.2 Å². The zero-order chi connectivity index (χ0) is 16.9. The largest absolute Gasteiger partial charge is 0.345 e. The minimum absolute atomic E-state index is 0.210. The van der Waals surface area contributed by atoms with Gasteiger partial charge >= 0.3 is 0 Å². The minimum Gasteiger partial charge on any atom is -0.345 e. The number of rotatable bonds is 6. The Balaban J connectivity index is 2.80.